The Labute approximate surface area is 157 Å². The summed E-state index contributed by atoms with van der Waals surface area (Å²) < 4.78 is 0. The van der Waals surface area contributed by atoms with Crippen LogP contribution in [0.25, 0.3) is 0 Å². The minimum Gasteiger partial charge on any atom is -0.481 e. The molecule has 0 aromatic heterocycles. The molecular weight excluding hydrogens is 358 g/mol. The largest absolute Gasteiger partial charge is 0.481 e. The molecule has 1 aromatic carbocycles. The second-order valence-corrected chi connectivity index (χ2v) is 7.02. The lowest BCUT2D eigenvalue weighted by Gasteiger charge is -2.33. The number of urea groups is 1. The molecule has 0 heterocycles. The molecule has 7 nitrogen and oxygen atoms in total. The smallest absolute Gasteiger partial charge is 0.315 e. The van der Waals surface area contributed by atoms with E-state index in [4.69, 9.17) is 11.6 Å². The summed E-state index contributed by atoms with van der Waals surface area (Å²) in [6, 6.07) is 6.58. The van der Waals surface area contributed by atoms with Gasteiger partial charge in [0, 0.05) is 18.1 Å². The maximum absolute atomic E-state index is 11.9. The lowest BCUT2D eigenvalue weighted by molar-refractivity contribution is -0.151. The van der Waals surface area contributed by atoms with Gasteiger partial charge in [-0.3, -0.25) is 9.59 Å². The van der Waals surface area contributed by atoms with Gasteiger partial charge >= 0.3 is 12.0 Å². The molecule has 8 heteroatoms. The van der Waals surface area contributed by atoms with Crippen molar-refractivity contribution in [2.45, 2.75) is 38.6 Å². The van der Waals surface area contributed by atoms with E-state index in [0.717, 1.165) is 24.8 Å². The van der Waals surface area contributed by atoms with E-state index >= 15 is 0 Å². The van der Waals surface area contributed by atoms with Gasteiger partial charge < -0.3 is 21.1 Å². The van der Waals surface area contributed by atoms with Gasteiger partial charge in [-0.2, -0.15) is 0 Å². The highest BCUT2D eigenvalue weighted by Gasteiger charge is 2.39. The fourth-order valence-electron chi connectivity index (χ4n) is 3.03. The number of benzene rings is 1. The molecule has 0 aliphatic heterocycles. The molecule has 0 bridgehead atoms. The van der Waals surface area contributed by atoms with Crippen LogP contribution in [-0.4, -0.2) is 36.1 Å². The first-order valence-corrected chi connectivity index (χ1v) is 9.05. The predicted octanol–water partition coefficient (Wildman–Crippen LogP) is 2.29. The normalized spacial score (nSPS) is 15.7. The molecule has 2 rings (SSSR count). The molecule has 4 N–H and O–H groups in total. The summed E-state index contributed by atoms with van der Waals surface area (Å²) in [5, 5.41) is 17.8. The van der Waals surface area contributed by atoms with E-state index in [1.165, 1.54) is 0 Å². The predicted molar refractivity (Wildman–Crippen MR) is 97.9 cm³/mol. The van der Waals surface area contributed by atoms with Crippen molar-refractivity contribution in [2.24, 2.45) is 5.41 Å². The van der Waals surface area contributed by atoms with Crippen molar-refractivity contribution in [1.29, 1.82) is 0 Å². The third-order valence-corrected chi connectivity index (χ3v) is 4.92. The highest BCUT2D eigenvalue weighted by atomic mass is 35.5. The van der Waals surface area contributed by atoms with Crippen molar-refractivity contribution in [3.8, 4) is 0 Å². The molecule has 3 amide bonds. The molecule has 1 aromatic rings. The average molecular weight is 382 g/mol. The van der Waals surface area contributed by atoms with Crippen LogP contribution in [0.4, 0.5) is 4.79 Å². The molecule has 1 aliphatic carbocycles. The van der Waals surface area contributed by atoms with E-state index in [1.807, 2.05) is 0 Å². The maximum atomic E-state index is 11.9. The van der Waals surface area contributed by atoms with Crippen LogP contribution in [0.1, 0.15) is 37.7 Å². The molecule has 1 saturated carbocycles. The molecule has 142 valence electrons. The molecule has 1 aliphatic rings. The first-order chi connectivity index (χ1) is 12.4. The number of carboxylic acid groups (broad SMARTS) is 1. The highest BCUT2D eigenvalue weighted by Crippen LogP contribution is 2.35. The molecule has 26 heavy (non-hydrogen) atoms. The van der Waals surface area contributed by atoms with E-state index in [1.54, 1.807) is 24.3 Å². The molecule has 0 saturated heterocycles. The number of carbonyl (C=O) groups is 3. The van der Waals surface area contributed by atoms with Crippen LogP contribution in [0.2, 0.25) is 5.02 Å². The van der Waals surface area contributed by atoms with Crippen LogP contribution >= 0.6 is 11.6 Å². The Balaban J connectivity index is 1.69. The van der Waals surface area contributed by atoms with E-state index in [9.17, 15) is 19.5 Å². The van der Waals surface area contributed by atoms with Crippen molar-refractivity contribution in [3.63, 3.8) is 0 Å². The van der Waals surface area contributed by atoms with Gasteiger partial charge in [-0.1, -0.05) is 43.0 Å². The molecule has 0 atom stereocenters. The van der Waals surface area contributed by atoms with Crippen LogP contribution in [0.15, 0.2) is 24.3 Å². The zero-order valence-electron chi connectivity index (χ0n) is 14.5. The Hall–Kier alpha value is -2.28. The van der Waals surface area contributed by atoms with Crippen molar-refractivity contribution in [3.05, 3.63) is 34.9 Å². The van der Waals surface area contributed by atoms with Crippen LogP contribution in [0.5, 0.6) is 0 Å². The summed E-state index contributed by atoms with van der Waals surface area (Å²) in [4.78, 5) is 35.2. The molecular formula is C18H24ClN3O4. The number of rotatable bonds is 7. The Morgan fingerprint density at radius 3 is 2.27 bits per heavy atom. The topological polar surface area (TPSA) is 108 Å². The highest BCUT2D eigenvalue weighted by molar-refractivity contribution is 6.30. The van der Waals surface area contributed by atoms with Gasteiger partial charge in [0.2, 0.25) is 5.91 Å². The second-order valence-electron chi connectivity index (χ2n) is 6.59. The summed E-state index contributed by atoms with van der Waals surface area (Å²) in [5.74, 6) is -1.27. The van der Waals surface area contributed by atoms with E-state index < -0.39 is 23.3 Å². The lowest BCUT2D eigenvalue weighted by atomic mass is 9.74. The van der Waals surface area contributed by atoms with Crippen LogP contribution in [0.3, 0.4) is 0 Å². The Kier molecular flexibility index (Phi) is 7.26. The minimum atomic E-state index is -0.884. The number of carboxylic acids is 1. The van der Waals surface area contributed by atoms with Crippen molar-refractivity contribution < 1.29 is 19.5 Å². The van der Waals surface area contributed by atoms with E-state index in [-0.39, 0.29) is 13.1 Å². The SMILES string of the molecule is O=C(CNC(=O)NCc1ccc(Cl)cc1)NCC1(C(=O)O)CCCCC1. The van der Waals surface area contributed by atoms with Gasteiger partial charge in [-0.15, -0.1) is 0 Å². The van der Waals surface area contributed by atoms with E-state index in [0.29, 0.717) is 24.4 Å². The van der Waals surface area contributed by atoms with E-state index in [2.05, 4.69) is 16.0 Å². The fourth-order valence-corrected chi connectivity index (χ4v) is 3.16. The number of aliphatic carboxylic acids is 1. The quantitative estimate of drug-likeness (QED) is 0.581. The summed E-state index contributed by atoms with van der Waals surface area (Å²) in [6.45, 7) is 0.199. The van der Waals surface area contributed by atoms with Crippen LogP contribution in [-0.2, 0) is 16.1 Å². The van der Waals surface area contributed by atoms with Crippen LogP contribution < -0.4 is 16.0 Å². The van der Waals surface area contributed by atoms with Crippen LogP contribution in [0, 0.1) is 5.41 Å². The number of carbonyl (C=O) groups excluding carboxylic acids is 2. The zero-order valence-corrected chi connectivity index (χ0v) is 15.3. The summed E-state index contributed by atoms with van der Waals surface area (Å²) >= 11 is 5.79. The Morgan fingerprint density at radius 2 is 1.65 bits per heavy atom. The van der Waals surface area contributed by atoms with Gasteiger partial charge in [-0.05, 0) is 30.5 Å². The van der Waals surface area contributed by atoms with Gasteiger partial charge in [0.15, 0.2) is 0 Å². The van der Waals surface area contributed by atoms with Crippen molar-refractivity contribution in [1.82, 2.24) is 16.0 Å². The zero-order chi connectivity index (χ0) is 19.0. The molecule has 0 unspecified atom stereocenters. The van der Waals surface area contributed by atoms with Gasteiger partial charge in [0.1, 0.15) is 0 Å². The van der Waals surface area contributed by atoms with Crippen molar-refractivity contribution in [2.75, 3.05) is 13.1 Å². The molecule has 1 fully saturated rings. The Morgan fingerprint density at radius 1 is 1.00 bits per heavy atom. The first-order valence-electron chi connectivity index (χ1n) is 8.67. The first kappa shape index (κ1) is 20.0. The third-order valence-electron chi connectivity index (χ3n) is 4.66. The van der Waals surface area contributed by atoms with Gasteiger partial charge in [-0.25, -0.2) is 4.79 Å². The van der Waals surface area contributed by atoms with Gasteiger partial charge in [0.05, 0.1) is 12.0 Å². The van der Waals surface area contributed by atoms with Crippen molar-refractivity contribution >= 4 is 29.5 Å². The third kappa shape index (κ3) is 5.91. The monoisotopic (exact) mass is 381 g/mol. The summed E-state index contributed by atoms with van der Waals surface area (Å²) in [6.07, 6.45) is 3.87. The van der Waals surface area contributed by atoms with Gasteiger partial charge in [0.25, 0.3) is 0 Å². The molecule has 0 radical (unpaired) electrons. The summed E-state index contributed by atoms with van der Waals surface area (Å²) in [7, 11) is 0. The summed E-state index contributed by atoms with van der Waals surface area (Å²) in [5.41, 5.74) is -0.000193. The standard InChI is InChI=1S/C18H24ClN3O4/c19-14-6-4-13(5-7-14)10-20-17(26)21-11-15(23)22-12-18(16(24)25)8-2-1-3-9-18/h4-7H,1-3,8-12H2,(H,22,23)(H,24,25)(H2,20,21,26). The number of amides is 3. The fraction of sp³-hybridized carbons (Fsp3) is 0.500. The number of hydrogen-bond donors (Lipinski definition) is 4. The lowest BCUT2D eigenvalue weighted by Crippen LogP contribution is -2.47. The Bertz CT molecular complexity index is 642. The number of hydrogen-bond acceptors (Lipinski definition) is 3. The second kappa shape index (κ2) is 9.43. The minimum absolute atomic E-state index is 0.0925. The number of halogens is 1. The molecule has 0 spiro atoms. The average Bonchev–Trinajstić information content (AvgIpc) is 2.65. The number of nitrogens with one attached hydrogen (secondary N) is 3. The maximum Gasteiger partial charge on any atom is 0.315 e.